The number of benzene rings is 1. The number of thioether (sulfide) groups is 1. The van der Waals surface area contributed by atoms with Crippen LogP contribution in [0.25, 0.3) is 0 Å². The van der Waals surface area contributed by atoms with Gasteiger partial charge < -0.3 is 10.2 Å². The Bertz CT molecular complexity index is 1190. The molecular weight excluding hydrogens is 490 g/mol. The van der Waals surface area contributed by atoms with E-state index < -0.39 is 10.0 Å². The van der Waals surface area contributed by atoms with Gasteiger partial charge >= 0.3 is 0 Å². The third-order valence-electron chi connectivity index (χ3n) is 6.64. The van der Waals surface area contributed by atoms with Crippen LogP contribution in [0.4, 0.5) is 11.4 Å². The molecule has 0 bridgehead atoms. The van der Waals surface area contributed by atoms with Crippen molar-refractivity contribution >= 4 is 55.4 Å². The Labute approximate surface area is 209 Å². The van der Waals surface area contributed by atoms with Crippen molar-refractivity contribution in [3.05, 3.63) is 41.3 Å². The van der Waals surface area contributed by atoms with Gasteiger partial charge in [0.2, 0.25) is 5.91 Å². The van der Waals surface area contributed by atoms with Gasteiger partial charge in [0, 0.05) is 58.4 Å². The molecule has 8 nitrogen and oxygen atoms in total. The van der Waals surface area contributed by atoms with Gasteiger partial charge in [-0.1, -0.05) is 18.2 Å². The number of para-hydroxylation sites is 1. The number of rotatable bonds is 6. The van der Waals surface area contributed by atoms with Gasteiger partial charge in [0.1, 0.15) is 4.21 Å². The molecule has 1 amide bonds. The molecule has 0 aliphatic carbocycles. The molecule has 1 fully saturated rings. The van der Waals surface area contributed by atoms with E-state index >= 15 is 0 Å². The minimum absolute atomic E-state index is 0.0681. The van der Waals surface area contributed by atoms with Crippen LogP contribution in [-0.2, 0) is 21.2 Å². The van der Waals surface area contributed by atoms with Gasteiger partial charge in [0.15, 0.2) is 0 Å². The monoisotopic (exact) mass is 519 g/mol. The van der Waals surface area contributed by atoms with Crippen molar-refractivity contribution in [3.8, 4) is 0 Å². The number of piperazine rings is 1. The number of nitrogens with zero attached hydrogens (tertiary/aromatic N) is 4. The molecule has 1 aromatic carbocycles. The van der Waals surface area contributed by atoms with E-state index in [4.69, 9.17) is 4.99 Å². The second kappa shape index (κ2) is 9.52. The lowest BCUT2D eigenvalue weighted by molar-refractivity contribution is -0.130. The molecule has 4 heterocycles. The maximum Gasteiger partial charge on any atom is 0.273 e. The van der Waals surface area contributed by atoms with Crippen LogP contribution in [0.15, 0.2) is 44.9 Å². The van der Waals surface area contributed by atoms with Crippen molar-refractivity contribution in [2.75, 3.05) is 55.9 Å². The predicted molar refractivity (Wildman–Crippen MR) is 140 cm³/mol. The largest absolute Gasteiger partial charge is 0.374 e. The van der Waals surface area contributed by atoms with Crippen molar-refractivity contribution in [1.29, 1.82) is 0 Å². The number of aliphatic imine (C=N–C) groups is 1. The Hall–Kier alpha value is -2.08. The summed E-state index contributed by atoms with van der Waals surface area (Å²) in [6, 6.07) is 9.30. The lowest BCUT2D eigenvalue weighted by Crippen LogP contribution is -2.49. The molecular formula is C23H29N5O3S3. The third kappa shape index (κ3) is 4.58. The Morgan fingerprint density at radius 1 is 1.21 bits per heavy atom. The van der Waals surface area contributed by atoms with Crippen LogP contribution in [0.2, 0.25) is 0 Å². The smallest absolute Gasteiger partial charge is 0.273 e. The summed E-state index contributed by atoms with van der Waals surface area (Å²) in [5.41, 5.74) is 2.65. The number of carbonyl (C=O) groups excluding carboxylic acids is 1. The maximum atomic E-state index is 13.1. The lowest BCUT2D eigenvalue weighted by atomic mass is 10.1. The van der Waals surface area contributed by atoms with Crippen molar-refractivity contribution in [1.82, 2.24) is 9.80 Å². The first kappa shape index (κ1) is 23.7. The molecule has 2 atom stereocenters. The average molecular weight is 520 g/mol. The standard InChI is InChI=1S/C23H29N5O3S3/c1-16(29)28-10-8-27(9-11-28)15-18-14-24-23(33-18)19-13-17-5-3-6-20(22(17)25-19)26(2)34(30,31)21-7-4-12-32-21/h3-7,12,18-19,25H,8-11,13-15H2,1-2H3. The molecule has 3 aliphatic heterocycles. The molecule has 34 heavy (non-hydrogen) atoms. The molecule has 3 aliphatic rings. The Morgan fingerprint density at radius 3 is 2.71 bits per heavy atom. The second-order valence-electron chi connectivity index (χ2n) is 8.84. The molecule has 2 aromatic rings. The van der Waals surface area contributed by atoms with Crippen LogP contribution >= 0.6 is 23.1 Å². The summed E-state index contributed by atoms with van der Waals surface area (Å²) in [5, 5.41) is 6.85. The van der Waals surface area contributed by atoms with E-state index in [0.717, 1.165) is 62.0 Å². The minimum atomic E-state index is -3.59. The first-order valence-corrected chi connectivity index (χ1v) is 14.6. The zero-order chi connectivity index (χ0) is 23.9. The summed E-state index contributed by atoms with van der Waals surface area (Å²) in [6.07, 6.45) is 0.798. The number of anilines is 2. The van der Waals surface area contributed by atoms with Gasteiger partial charge in [-0.05, 0) is 23.1 Å². The van der Waals surface area contributed by atoms with E-state index in [1.54, 1.807) is 31.5 Å². The molecule has 182 valence electrons. The van der Waals surface area contributed by atoms with Crippen LogP contribution in [0.3, 0.4) is 0 Å². The minimum Gasteiger partial charge on any atom is -0.374 e. The summed E-state index contributed by atoms with van der Waals surface area (Å²) in [7, 11) is -1.98. The van der Waals surface area contributed by atoms with E-state index in [-0.39, 0.29) is 11.9 Å². The highest BCUT2D eigenvalue weighted by molar-refractivity contribution is 8.15. The van der Waals surface area contributed by atoms with Crippen LogP contribution in [0.5, 0.6) is 0 Å². The van der Waals surface area contributed by atoms with E-state index in [0.29, 0.717) is 15.1 Å². The molecule has 0 saturated carbocycles. The SMILES string of the molecule is CC(=O)N1CCN(CC2CN=C(C3Cc4cccc(N(C)S(=O)(=O)c5cccs5)c4N3)S2)CC1. The fraction of sp³-hybridized carbons (Fsp3) is 0.478. The number of nitrogens with one attached hydrogen (secondary N) is 1. The fourth-order valence-corrected chi connectivity index (χ4v) is 8.31. The second-order valence-corrected chi connectivity index (χ2v) is 13.3. The Kier molecular flexibility index (Phi) is 6.62. The molecule has 2 unspecified atom stereocenters. The molecule has 1 saturated heterocycles. The molecule has 1 N–H and O–H groups in total. The maximum absolute atomic E-state index is 13.1. The van der Waals surface area contributed by atoms with Gasteiger partial charge in [-0.25, -0.2) is 8.42 Å². The molecule has 0 spiro atoms. The van der Waals surface area contributed by atoms with Crippen LogP contribution in [0.1, 0.15) is 12.5 Å². The quantitative estimate of drug-likeness (QED) is 0.632. The number of carbonyl (C=O) groups is 1. The normalized spacial score (nSPS) is 22.9. The lowest BCUT2D eigenvalue weighted by Gasteiger charge is -2.35. The number of hydrogen-bond donors (Lipinski definition) is 1. The van der Waals surface area contributed by atoms with Crippen LogP contribution in [-0.4, -0.2) is 86.8 Å². The van der Waals surface area contributed by atoms with Crippen molar-refractivity contribution in [2.45, 2.75) is 28.8 Å². The first-order valence-electron chi connectivity index (χ1n) is 11.4. The van der Waals surface area contributed by atoms with Gasteiger partial charge in [0.25, 0.3) is 10.0 Å². The van der Waals surface area contributed by atoms with Crippen LogP contribution in [0, 0.1) is 0 Å². The van der Waals surface area contributed by atoms with Gasteiger partial charge in [0.05, 0.1) is 29.0 Å². The summed E-state index contributed by atoms with van der Waals surface area (Å²) < 4.78 is 27.9. The van der Waals surface area contributed by atoms with Crippen molar-refractivity contribution in [2.24, 2.45) is 4.99 Å². The summed E-state index contributed by atoms with van der Waals surface area (Å²) in [6.45, 7) is 6.81. The molecule has 0 radical (unpaired) electrons. The summed E-state index contributed by atoms with van der Waals surface area (Å²) in [5.74, 6) is 0.153. The number of fused-ring (bicyclic) bond motifs is 1. The number of sulfonamides is 1. The van der Waals surface area contributed by atoms with E-state index in [1.807, 2.05) is 28.8 Å². The first-order chi connectivity index (χ1) is 16.3. The van der Waals surface area contributed by atoms with Gasteiger partial charge in [-0.2, -0.15) is 0 Å². The van der Waals surface area contributed by atoms with E-state index in [9.17, 15) is 13.2 Å². The average Bonchev–Trinajstić information content (AvgIpc) is 3.59. The molecule has 1 aromatic heterocycles. The Balaban J connectivity index is 1.22. The molecule has 11 heteroatoms. The number of hydrogen-bond acceptors (Lipinski definition) is 8. The molecule has 5 rings (SSSR count). The number of amides is 1. The topological polar surface area (TPSA) is 85.3 Å². The zero-order valence-electron chi connectivity index (χ0n) is 19.3. The van der Waals surface area contributed by atoms with E-state index in [1.165, 1.54) is 15.6 Å². The van der Waals surface area contributed by atoms with Gasteiger partial charge in [-0.3, -0.25) is 19.0 Å². The highest BCUT2D eigenvalue weighted by Gasteiger charge is 2.34. The van der Waals surface area contributed by atoms with Crippen molar-refractivity contribution < 1.29 is 13.2 Å². The van der Waals surface area contributed by atoms with Crippen LogP contribution < -0.4 is 9.62 Å². The fourth-order valence-electron chi connectivity index (χ4n) is 4.71. The van der Waals surface area contributed by atoms with E-state index in [2.05, 4.69) is 16.3 Å². The van der Waals surface area contributed by atoms with Gasteiger partial charge in [-0.15, -0.1) is 23.1 Å². The predicted octanol–water partition coefficient (Wildman–Crippen LogP) is 2.59. The highest BCUT2D eigenvalue weighted by atomic mass is 32.2. The Morgan fingerprint density at radius 2 is 2.00 bits per heavy atom. The summed E-state index contributed by atoms with van der Waals surface area (Å²) >= 11 is 3.06. The third-order valence-corrected chi connectivity index (χ3v) is 11.1. The highest BCUT2D eigenvalue weighted by Crippen LogP contribution is 2.40. The number of thiophene rings is 1. The zero-order valence-corrected chi connectivity index (χ0v) is 21.8. The van der Waals surface area contributed by atoms with Crippen molar-refractivity contribution in [3.63, 3.8) is 0 Å². The summed E-state index contributed by atoms with van der Waals surface area (Å²) in [4.78, 5) is 20.7.